The Balaban J connectivity index is 1.72. The highest BCUT2D eigenvalue weighted by molar-refractivity contribution is 9.10. The van der Waals surface area contributed by atoms with Crippen LogP contribution in [0.25, 0.3) is 11.1 Å². The van der Waals surface area contributed by atoms with E-state index in [4.69, 9.17) is 9.47 Å². The minimum atomic E-state index is 0.653. The third-order valence-electron chi connectivity index (χ3n) is 8.19. The van der Waals surface area contributed by atoms with Crippen molar-refractivity contribution < 1.29 is 9.47 Å². The molecule has 42 heavy (non-hydrogen) atoms. The van der Waals surface area contributed by atoms with Crippen LogP contribution in [0.4, 0.5) is 0 Å². The first-order valence-corrected chi connectivity index (χ1v) is 15.6. The van der Waals surface area contributed by atoms with Gasteiger partial charge in [0.15, 0.2) is 11.5 Å². The first-order chi connectivity index (χ1) is 20.1. The third-order valence-corrected chi connectivity index (χ3v) is 9.18. The van der Waals surface area contributed by atoms with E-state index in [0.29, 0.717) is 11.5 Å². The van der Waals surface area contributed by atoms with Crippen LogP contribution in [0.1, 0.15) is 55.6 Å². The van der Waals surface area contributed by atoms with Gasteiger partial charge in [-0.2, -0.15) is 0 Å². The van der Waals surface area contributed by atoms with Crippen LogP contribution in [-0.4, -0.2) is 0 Å². The van der Waals surface area contributed by atoms with Gasteiger partial charge in [-0.25, -0.2) is 0 Å². The van der Waals surface area contributed by atoms with Crippen molar-refractivity contribution >= 4 is 43.0 Å². The highest BCUT2D eigenvalue weighted by Gasteiger charge is 2.38. The van der Waals surface area contributed by atoms with Gasteiger partial charge in [0.25, 0.3) is 0 Å². The molecular weight excluding hydrogens is 648 g/mol. The van der Waals surface area contributed by atoms with Crippen LogP contribution in [0.2, 0.25) is 0 Å². The minimum absolute atomic E-state index is 0.653. The highest BCUT2D eigenvalue weighted by atomic mass is 79.9. The standard InChI is InChI=1S/C38H28Br2O2/c1-19-13-21(3)33(22(4)14-19)35-27-17-25(39)7-9-29(27)41-31-11-12-32-38(37(31)35)36(28-18-26(40)8-10-30(28)42-32)34-23(5)15-20(2)16-24(34)6/h7-10,13-18H,1-6H3. The minimum Gasteiger partial charge on any atom is -0.447 e. The Morgan fingerprint density at radius 1 is 0.476 bits per heavy atom. The van der Waals surface area contributed by atoms with Crippen molar-refractivity contribution in [2.45, 2.75) is 41.5 Å². The second-order valence-electron chi connectivity index (χ2n) is 11.4. The third kappa shape index (κ3) is 4.22. The molecule has 0 fully saturated rings. The summed E-state index contributed by atoms with van der Waals surface area (Å²) in [5.41, 5.74) is 22.7. The summed E-state index contributed by atoms with van der Waals surface area (Å²) in [6.07, 6.45) is 0. The smallest absolute Gasteiger partial charge is 0.186 e. The molecule has 4 heteroatoms. The van der Waals surface area contributed by atoms with Crippen molar-refractivity contribution in [3.8, 4) is 11.5 Å². The predicted molar refractivity (Wildman–Crippen MR) is 177 cm³/mol. The lowest BCUT2D eigenvalue weighted by Gasteiger charge is -2.34. The molecule has 0 amide bonds. The second-order valence-corrected chi connectivity index (χ2v) is 13.3. The highest BCUT2D eigenvalue weighted by Crippen LogP contribution is 2.53. The summed E-state index contributed by atoms with van der Waals surface area (Å²) in [7, 11) is 0. The Labute approximate surface area is 263 Å². The first kappa shape index (κ1) is 27.1. The van der Waals surface area contributed by atoms with Crippen LogP contribution in [-0.2, 0) is 0 Å². The number of rotatable bonds is 2. The zero-order valence-electron chi connectivity index (χ0n) is 24.3. The van der Waals surface area contributed by atoms with Crippen LogP contribution in [0.3, 0.4) is 0 Å². The molecule has 0 saturated carbocycles. The molecule has 206 valence electrons. The van der Waals surface area contributed by atoms with Crippen LogP contribution >= 0.6 is 31.9 Å². The summed E-state index contributed by atoms with van der Waals surface area (Å²) in [5, 5.41) is 0. The average Bonchev–Trinajstić information content (AvgIpc) is 2.91. The van der Waals surface area contributed by atoms with Gasteiger partial charge >= 0.3 is 0 Å². The molecular formula is C38H28Br2O2. The van der Waals surface area contributed by atoms with Gasteiger partial charge in [-0.05, 0) is 123 Å². The number of fused-ring (bicyclic) bond motifs is 5. The van der Waals surface area contributed by atoms with Gasteiger partial charge in [0.1, 0.15) is 11.5 Å². The summed E-state index contributed by atoms with van der Waals surface area (Å²) in [4.78, 5) is 0. The number of benzene rings is 4. The van der Waals surface area contributed by atoms with E-state index >= 15 is 0 Å². The number of halogens is 2. The second kappa shape index (κ2) is 9.90. The van der Waals surface area contributed by atoms with Crippen LogP contribution in [0, 0.1) is 41.5 Å². The largest absolute Gasteiger partial charge is 0.447 e. The van der Waals surface area contributed by atoms with Gasteiger partial charge in [0, 0.05) is 42.4 Å². The molecule has 3 aliphatic rings. The molecule has 4 aromatic rings. The summed E-state index contributed by atoms with van der Waals surface area (Å²) in [5.74, 6) is 2.91. The van der Waals surface area contributed by atoms with Crippen molar-refractivity contribution in [3.63, 3.8) is 0 Å². The fourth-order valence-corrected chi connectivity index (χ4v) is 7.55. The monoisotopic (exact) mass is 674 g/mol. The van der Waals surface area contributed by atoms with Gasteiger partial charge in [0.05, 0.1) is 0 Å². The van der Waals surface area contributed by atoms with Crippen LogP contribution in [0.15, 0.2) is 104 Å². The SMILES string of the molecule is Cc1cc(C)c(C2=C3C(=C=C=C4Oc5ccc(Br)cc5C(c5c(C)cc(C)cc5C)=C43)Oc3ccc(Br)cc32)c(C)c1. The summed E-state index contributed by atoms with van der Waals surface area (Å²) in [6.45, 7) is 13.1. The molecule has 0 bridgehead atoms. The maximum absolute atomic E-state index is 6.62. The van der Waals surface area contributed by atoms with E-state index in [1.807, 2.05) is 24.3 Å². The zero-order chi connectivity index (χ0) is 29.4. The summed E-state index contributed by atoms with van der Waals surface area (Å²) in [6, 6.07) is 21.4. The number of ether oxygens (including phenoxy) is 2. The quantitative estimate of drug-likeness (QED) is 0.197. The molecule has 2 heterocycles. The van der Waals surface area contributed by atoms with Crippen molar-refractivity contribution in [1.82, 2.24) is 0 Å². The normalized spacial score (nSPS) is 14.8. The lowest BCUT2D eigenvalue weighted by atomic mass is 9.76. The number of aryl methyl sites for hydroxylation is 6. The maximum Gasteiger partial charge on any atom is 0.186 e. The molecule has 4 aromatic carbocycles. The molecule has 7 rings (SSSR count). The van der Waals surface area contributed by atoms with E-state index in [-0.39, 0.29) is 0 Å². The van der Waals surface area contributed by atoms with Crippen LogP contribution < -0.4 is 9.47 Å². The molecule has 2 aliphatic heterocycles. The number of hydrogen-bond acceptors (Lipinski definition) is 2. The van der Waals surface area contributed by atoms with E-state index in [1.165, 1.54) is 44.5 Å². The van der Waals surface area contributed by atoms with E-state index in [0.717, 1.165) is 53.9 Å². The van der Waals surface area contributed by atoms with Gasteiger partial charge in [-0.1, -0.05) is 67.3 Å². The lowest BCUT2D eigenvalue weighted by Crippen LogP contribution is -2.21. The first-order valence-electron chi connectivity index (χ1n) is 14.0. The van der Waals surface area contributed by atoms with Crippen LogP contribution in [0.5, 0.6) is 11.5 Å². The average molecular weight is 676 g/mol. The Hall–Kier alpha value is -3.78. The Bertz CT molecular complexity index is 1880. The summed E-state index contributed by atoms with van der Waals surface area (Å²) >= 11 is 7.48. The van der Waals surface area contributed by atoms with Gasteiger partial charge < -0.3 is 9.47 Å². The molecule has 0 aromatic heterocycles. The van der Waals surface area contributed by atoms with Crippen molar-refractivity contribution in [2.24, 2.45) is 0 Å². The Morgan fingerprint density at radius 3 is 1.19 bits per heavy atom. The van der Waals surface area contributed by atoms with E-state index in [9.17, 15) is 0 Å². The molecule has 0 spiro atoms. The molecule has 0 saturated heterocycles. The molecule has 0 N–H and O–H groups in total. The van der Waals surface area contributed by atoms with Crippen molar-refractivity contribution in [3.05, 3.63) is 159 Å². The Kier molecular flexibility index (Phi) is 6.38. The van der Waals surface area contributed by atoms with E-state index < -0.39 is 0 Å². The fraction of sp³-hybridized carbons (Fsp3) is 0.158. The van der Waals surface area contributed by atoms with Gasteiger partial charge in [0.2, 0.25) is 0 Å². The zero-order valence-corrected chi connectivity index (χ0v) is 27.5. The molecule has 0 unspecified atom stereocenters. The van der Waals surface area contributed by atoms with Crippen molar-refractivity contribution in [2.75, 3.05) is 0 Å². The number of hydrogen-bond donors (Lipinski definition) is 0. The maximum atomic E-state index is 6.62. The van der Waals surface area contributed by atoms with Gasteiger partial charge in [-0.15, -0.1) is 0 Å². The lowest BCUT2D eigenvalue weighted by molar-refractivity contribution is 0.411. The number of allylic oxidation sites excluding steroid dienone is 2. The van der Waals surface area contributed by atoms with Gasteiger partial charge in [-0.3, -0.25) is 0 Å². The molecule has 2 nitrogen and oxygen atoms in total. The molecule has 0 radical (unpaired) electrons. The van der Waals surface area contributed by atoms with Crippen molar-refractivity contribution in [1.29, 1.82) is 0 Å². The topological polar surface area (TPSA) is 18.5 Å². The molecule has 0 atom stereocenters. The fourth-order valence-electron chi connectivity index (χ4n) is 6.83. The van der Waals surface area contributed by atoms with E-state index in [2.05, 4.69) is 121 Å². The Morgan fingerprint density at radius 2 is 0.833 bits per heavy atom. The predicted octanol–water partition coefficient (Wildman–Crippen LogP) is 10.7. The van der Waals surface area contributed by atoms with E-state index in [1.54, 1.807) is 0 Å². The summed E-state index contributed by atoms with van der Waals surface area (Å²) < 4.78 is 15.2. The molecule has 1 aliphatic carbocycles.